The second-order valence-electron chi connectivity index (χ2n) is 4.02. The number of nitro groups is 1. The van der Waals surface area contributed by atoms with E-state index in [0.29, 0.717) is 11.3 Å². The minimum Gasteiger partial charge on any atom is -0.358 e. The Kier molecular flexibility index (Phi) is 3.80. The molecule has 0 saturated carbocycles. The molecule has 0 unspecified atom stereocenters. The van der Waals surface area contributed by atoms with Gasteiger partial charge in [-0.2, -0.15) is 18.3 Å². The highest BCUT2D eigenvalue weighted by atomic mass is 32.1. The van der Waals surface area contributed by atoms with Crippen LogP contribution < -0.4 is 5.32 Å². The first-order chi connectivity index (χ1) is 9.70. The summed E-state index contributed by atoms with van der Waals surface area (Å²) in [5.41, 5.74) is -0.0173. The summed E-state index contributed by atoms with van der Waals surface area (Å²) in [5, 5.41) is 22.9. The van der Waals surface area contributed by atoms with Crippen LogP contribution in [0.5, 0.6) is 0 Å². The maximum Gasteiger partial charge on any atom is 0.445 e. The molecule has 12 heteroatoms. The number of aromatic nitrogens is 4. The van der Waals surface area contributed by atoms with Crippen LogP contribution >= 0.6 is 11.3 Å². The van der Waals surface area contributed by atoms with Crippen LogP contribution in [0, 0.1) is 17.0 Å². The molecular weight excluding hydrogens is 313 g/mol. The first-order valence-corrected chi connectivity index (χ1v) is 6.33. The van der Waals surface area contributed by atoms with Crippen LogP contribution in [-0.4, -0.2) is 24.9 Å². The Labute approximate surface area is 119 Å². The van der Waals surface area contributed by atoms with Gasteiger partial charge in [0, 0.05) is 7.05 Å². The van der Waals surface area contributed by atoms with E-state index in [1.165, 1.54) is 18.7 Å². The van der Waals surface area contributed by atoms with Crippen LogP contribution in [0.4, 0.5) is 24.7 Å². The molecule has 2 rings (SSSR count). The number of alkyl halides is 3. The van der Waals surface area contributed by atoms with Gasteiger partial charge in [-0.15, -0.1) is 10.2 Å². The van der Waals surface area contributed by atoms with E-state index in [1.807, 2.05) is 0 Å². The first-order valence-electron chi connectivity index (χ1n) is 5.51. The monoisotopic (exact) mass is 322 g/mol. The van der Waals surface area contributed by atoms with E-state index < -0.39 is 16.1 Å². The smallest absolute Gasteiger partial charge is 0.358 e. The molecule has 0 bridgehead atoms. The second kappa shape index (κ2) is 5.27. The van der Waals surface area contributed by atoms with Crippen molar-refractivity contribution in [2.24, 2.45) is 7.05 Å². The maximum atomic E-state index is 12.4. The van der Waals surface area contributed by atoms with Gasteiger partial charge in [-0.25, -0.2) is 4.68 Å². The Bertz CT molecular complexity index is 680. The molecule has 8 nitrogen and oxygen atoms in total. The van der Waals surface area contributed by atoms with Crippen LogP contribution in [0.15, 0.2) is 0 Å². The zero-order valence-electron chi connectivity index (χ0n) is 10.8. The lowest BCUT2D eigenvalue weighted by Crippen LogP contribution is -2.06. The number of nitrogens with zero attached hydrogens (tertiary/aromatic N) is 5. The van der Waals surface area contributed by atoms with Gasteiger partial charge in [0.05, 0.1) is 11.5 Å². The van der Waals surface area contributed by atoms with Crippen molar-refractivity contribution in [1.82, 2.24) is 20.0 Å². The van der Waals surface area contributed by atoms with Crippen molar-refractivity contribution in [2.45, 2.75) is 19.6 Å². The topological polar surface area (TPSA) is 98.8 Å². The molecule has 0 aliphatic heterocycles. The lowest BCUT2D eigenvalue weighted by atomic mass is 10.4. The molecule has 0 radical (unpaired) electrons. The molecule has 0 aliphatic carbocycles. The van der Waals surface area contributed by atoms with Gasteiger partial charge in [0.2, 0.25) is 10.8 Å². The molecular formula is C9H9F3N6O2S. The third-order valence-electron chi connectivity index (χ3n) is 2.49. The maximum absolute atomic E-state index is 12.4. The molecule has 0 amide bonds. The average molecular weight is 322 g/mol. The molecule has 114 valence electrons. The Hall–Kier alpha value is -2.24. The molecule has 1 N–H and O–H groups in total. The standard InChI is InChI=1S/C9H9F3N6O2S/c1-4-6(18(19)20)7(17(2)16-4)13-3-5-14-15-8(21-5)9(10,11)12/h13H,3H2,1-2H3. The zero-order chi connectivity index (χ0) is 15.8. The Morgan fingerprint density at radius 3 is 2.62 bits per heavy atom. The molecule has 0 spiro atoms. The summed E-state index contributed by atoms with van der Waals surface area (Å²) in [6.07, 6.45) is -4.55. The van der Waals surface area contributed by atoms with Gasteiger partial charge >= 0.3 is 11.9 Å². The van der Waals surface area contributed by atoms with Crippen molar-refractivity contribution in [2.75, 3.05) is 5.32 Å². The van der Waals surface area contributed by atoms with E-state index in [0.717, 1.165) is 0 Å². The number of halogens is 3. The summed E-state index contributed by atoms with van der Waals surface area (Å²) in [6.45, 7) is 1.35. The van der Waals surface area contributed by atoms with Gasteiger partial charge in [0.25, 0.3) is 0 Å². The van der Waals surface area contributed by atoms with Crippen LogP contribution in [0.25, 0.3) is 0 Å². The minimum absolute atomic E-state index is 0.0653. The Balaban J connectivity index is 2.17. The van der Waals surface area contributed by atoms with E-state index in [1.54, 1.807) is 0 Å². The van der Waals surface area contributed by atoms with Gasteiger partial charge in [0.1, 0.15) is 10.7 Å². The Morgan fingerprint density at radius 2 is 2.10 bits per heavy atom. The fourth-order valence-corrected chi connectivity index (χ4v) is 2.31. The number of rotatable bonds is 4. The summed E-state index contributed by atoms with van der Waals surface area (Å²) < 4.78 is 38.4. The fourth-order valence-electron chi connectivity index (χ4n) is 1.66. The van der Waals surface area contributed by atoms with Gasteiger partial charge in [-0.1, -0.05) is 11.3 Å². The van der Waals surface area contributed by atoms with Crippen molar-refractivity contribution in [3.05, 3.63) is 25.8 Å². The number of anilines is 1. The van der Waals surface area contributed by atoms with Crippen LogP contribution in [0.3, 0.4) is 0 Å². The van der Waals surface area contributed by atoms with Crippen molar-refractivity contribution in [3.8, 4) is 0 Å². The van der Waals surface area contributed by atoms with E-state index in [-0.39, 0.29) is 28.8 Å². The largest absolute Gasteiger partial charge is 0.445 e. The normalized spacial score (nSPS) is 11.7. The predicted molar refractivity (Wildman–Crippen MR) is 66.8 cm³/mol. The van der Waals surface area contributed by atoms with E-state index in [4.69, 9.17) is 0 Å². The number of nitrogens with one attached hydrogen (secondary N) is 1. The quantitative estimate of drug-likeness (QED) is 0.684. The lowest BCUT2D eigenvalue weighted by molar-refractivity contribution is -0.384. The lowest BCUT2D eigenvalue weighted by Gasteiger charge is -2.03. The third kappa shape index (κ3) is 3.09. The zero-order valence-corrected chi connectivity index (χ0v) is 11.6. The van der Waals surface area contributed by atoms with Gasteiger partial charge in [-0.05, 0) is 6.92 Å². The van der Waals surface area contributed by atoms with Crippen molar-refractivity contribution in [1.29, 1.82) is 0 Å². The van der Waals surface area contributed by atoms with Crippen molar-refractivity contribution in [3.63, 3.8) is 0 Å². The summed E-state index contributed by atoms with van der Waals surface area (Å²) in [5.74, 6) is 0.0984. The molecule has 2 heterocycles. The van der Waals surface area contributed by atoms with Gasteiger partial charge in [0.15, 0.2) is 0 Å². The SMILES string of the molecule is Cc1nn(C)c(NCc2nnc(C(F)(F)F)s2)c1[N+](=O)[O-]. The summed E-state index contributed by atoms with van der Waals surface area (Å²) >= 11 is 0.377. The molecule has 2 aromatic heterocycles. The fraction of sp³-hybridized carbons (Fsp3) is 0.444. The van der Waals surface area contributed by atoms with E-state index in [9.17, 15) is 23.3 Å². The Morgan fingerprint density at radius 1 is 1.43 bits per heavy atom. The van der Waals surface area contributed by atoms with Gasteiger partial charge < -0.3 is 5.32 Å². The molecule has 0 atom stereocenters. The molecule has 0 saturated heterocycles. The van der Waals surface area contributed by atoms with Crippen LogP contribution in [-0.2, 0) is 19.8 Å². The summed E-state index contributed by atoms with van der Waals surface area (Å²) in [4.78, 5) is 10.3. The number of hydrogen-bond donors (Lipinski definition) is 1. The number of aryl methyl sites for hydroxylation is 2. The van der Waals surface area contributed by atoms with Crippen LogP contribution in [0.1, 0.15) is 15.7 Å². The highest BCUT2D eigenvalue weighted by molar-refractivity contribution is 7.11. The van der Waals surface area contributed by atoms with E-state index in [2.05, 4.69) is 20.6 Å². The first kappa shape index (κ1) is 15.2. The molecule has 2 aromatic rings. The average Bonchev–Trinajstić information content (AvgIpc) is 2.90. The van der Waals surface area contributed by atoms with E-state index >= 15 is 0 Å². The highest BCUT2D eigenvalue weighted by Gasteiger charge is 2.35. The molecule has 0 fully saturated rings. The molecule has 0 aliphatic rings. The van der Waals surface area contributed by atoms with Crippen LogP contribution in [0.2, 0.25) is 0 Å². The molecule has 21 heavy (non-hydrogen) atoms. The minimum atomic E-state index is -4.55. The number of hydrogen-bond acceptors (Lipinski definition) is 7. The third-order valence-corrected chi connectivity index (χ3v) is 3.46. The summed E-state index contributed by atoms with van der Waals surface area (Å²) in [7, 11) is 1.49. The highest BCUT2D eigenvalue weighted by Crippen LogP contribution is 2.32. The predicted octanol–water partition coefficient (Wildman–Crippen LogP) is 2.12. The molecule has 0 aromatic carbocycles. The summed E-state index contributed by atoms with van der Waals surface area (Å²) in [6, 6.07) is 0. The second-order valence-corrected chi connectivity index (χ2v) is 5.08. The van der Waals surface area contributed by atoms with Crippen molar-refractivity contribution >= 4 is 22.8 Å². The van der Waals surface area contributed by atoms with Gasteiger partial charge in [-0.3, -0.25) is 10.1 Å². The van der Waals surface area contributed by atoms with Crippen molar-refractivity contribution < 1.29 is 18.1 Å².